The van der Waals surface area contributed by atoms with Crippen molar-refractivity contribution in [2.45, 2.75) is 19.8 Å². The molecule has 0 radical (unpaired) electrons. The van der Waals surface area contributed by atoms with Crippen LogP contribution in [0.5, 0.6) is 0 Å². The van der Waals surface area contributed by atoms with E-state index in [1.807, 2.05) is 0 Å². The fourth-order valence-electron chi connectivity index (χ4n) is 2.99. The van der Waals surface area contributed by atoms with Gasteiger partial charge in [0.25, 0.3) is 0 Å². The molecule has 2 N–H and O–H groups in total. The summed E-state index contributed by atoms with van der Waals surface area (Å²) in [5, 5.41) is 3.38. The minimum absolute atomic E-state index is 0.0248. The van der Waals surface area contributed by atoms with Gasteiger partial charge in [0.05, 0.1) is 4.88 Å². The number of aromatic amines is 1. The molecule has 24 heavy (non-hydrogen) atoms. The zero-order chi connectivity index (χ0) is 16.7. The monoisotopic (exact) mass is 334 g/mol. The zero-order valence-corrected chi connectivity index (χ0v) is 14.4. The number of thiazole rings is 1. The second-order valence-electron chi connectivity index (χ2n) is 6.21. The summed E-state index contributed by atoms with van der Waals surface area (Å²) in [5.74, 6) is 0.899. The highest BCUT2D eigenvalue weighted by molar-refractivity contribution is 7.10. The quantitative estimate of drug-likeness (QED) is 0.716. The van der Waals surface area contributed by atoms with Crippen LogP contribution in [0.25, 0.3) is 5.70 Å². The summed E-state index contributed by atoms with van der Waals surface area (Å²) >= 11 is 1.28. The van der Waals surface area contributed by atoms with Crippen molar-refractivity contribution >= 4 is 22.9 Å². The first-order valence-corrected chi connectivity index (χ1v) is 8.77. The molecule has 2 heterocycles. The summed E-state index contributed by atoms with van der Waals surface area (Å²) in [6, 6.07) is 16.9. The number of anilines is 1. The normalized spacial score (nSPS) is 16.2. The van der Waals surface area contributed by atoms with Crippen LogP contribution in [-0.2, 0) is 0 Å². The number of nitrogens with one attached hydrogen (secondary N) is 2. The summed E-state index contributed by atoms with van der Waals surface area (Å²) in [5.41, 5.74) is 5.81. The van der Waals surface area contributed by atoms with Gasteiger partial charge in [0, 0.05) is 11.6 Å². The minimum atomic E-state index is -0.0248. The van der Waals surface area contributed by atoms with Crippen LogP contribution in [0, 0.1) is 13.8 Å². The van der Waals surface area contributed by atoms with E-state index < -0.39 is 0 Å². The molecule has 0 aliphatic carbocycles. The molecule has 0 fully saturated rings. The third kappa shape index (κ3) is 2.69. The molecular weight excluding hydrogens is 316 g/mol. The number of aromatic nitrogens is 1. The molecule has 3 nitrogen and oxygen atoms in total. The average Bonchev–Trinajstić information content (AvgIpc) is 2.95. The molecule has 1 atom stereocenters. The molecule has 1 unspecified atom stereocenters. The number of hydrogen-bond acceptors (Lipinski definition) is 3. The Morgan fingerprint density at radius 1 is 0.917 bits per heavy atom. The zero-order valence-electron chi connectivity index (χ0n) is 13.6. The van der Waals surface area contributed by atoms with Gasteiger partial charge in [0.1, 0.15) is 5.82 Å². The van der Waals surface area contributed by atoms with E-state index in [1.54, 1.807) is 0 Å². The molecule has 0 saturated heterocycles. The largest absolute Gasteiger partial charge is 0.341 e. The van der Waals surface area contributed by atoms with Crippen molar-refractivity contribution in [3.63, 3.8) is 0 Å². The van der Waals surface area contributed by atoms with Crippen molar-refractivity contribution in [3.8, 4) is 0 Å². The summed E-state index contributed by atoms with van der Waals surface area (Å²) in [6.45, 7) is 4.16. The second-order valence-corrected chi connectivity index (χ2v) is 7.23. The Balaban J connectivity index is 1.83. The van der Waals surface area contributed by atoms with E-state index in [9.17, 15) is 4.79 Å². The number of allylic oxidation sites excluding steroid dienone is 1. The third-order valence-electron chi connectivity index (χ3n) is 4.35. The van der Waals surface area contributed by atoms with E-state index in [-0.39, 0.29) is 10.8 Å². The van der Waals surface area contributed by atoms with E-state index in [0.29, 0.717) is 0 Å². The number of benzene rings is 2. The topological polar surface area (TPSA) is 44.9 Å². The lowest BCUT2D eigenvalue weighted by atomic mass is 9.92. The van der Waals surface area contributed by atoms with Gasteiger partial charge in [0.15, 0.2) is 0 Å². The highest BCUT2D eigenvalue weighted by Gasteiger charge is 2.25. The van der Waals surface area contributed by atoms with Gasteiger partial charge < -0.3 is 5.32 Å². The maximum absolute atomic E-state index is 11.9. The van der Waals surface area contributed by atoms with Gasteiger partial charge >= 0.3 is 4.87 Å². The third-order valence-corrected chi connectivity index (χ3v) is 5.32. The molecular formula is C20H18N2OS. The first kappa shape index (κ1) is 15.0. The SMILES string of the molecule is Cc1ccc(C2=CC(c3ccc(C)cc3)c3sc(=O)[nH]c3N2)cc1. The fourth-order valence-corrected chi connectivity index (χ4v) is 3.88. The van der Waals surface area contributed by atoms with E-state index in [2.05, 4.69) is 78.8 Å². The van der Waals surface area contributed by atoms with Crippen LogP contribution in [-0.4, -0.2) is 4.98 Å². The Labute approximate surface area is 144 Å². The molecule has 0 saturated carbocycles. The highest BCUT2D eigenvalue weighted by atomic mass is 32.1. The van der Waals surface area contributed by atoms with E-state index in [4.69, 9.17) is 0 Å². The molecule has 120 valence electrons. The lowest BCUT2D eigenvalue weighted by molar-refractivity contribution is 1.03. The smallest absolute Gasteiger partial charge is 0.306 e. The van der Waals surface area contributed by atoms with Crippen LogP contribution < -0.4 is 10.2 Å². The van der Waals surface area contributed by atoms with Gasteiger partial charge in [-0.2, -0.15) is 0 Å². The Morgan fingerprint density at radius 2 is 1.54 bits per heavy atom. The predicted molar refractivity (Wildman–Crippen MR) is 101 cm³/mol. The Bertz CT molecular complexity index is 962. The Kier molecular flexibility index (Phi) is 3.62. The molecule has 0 amide bonds. The summed E-state index contributed by atoms with van der Waals surface area (Å²) in [7, 11) is 0. The van der Waals surface area contributed by atoms with Crippen molar-refractivity contribution in [1.82, 2.24) is 4.98 Å². The van der Waals surface area contributed by atoms with Crippen molar-refractivity contribution in [2.24, 2.45) is 0 Å². The molecule has 1 aliphatic heterocycles. The van der Waals surface area contributed by atoms with Crippen molar-refractivity contribution in [2.75, 3.05) is 5.32 Å². The molecule has 3 aromatic rings. The van der Waals surface area contributed by atoms with Crippen LogP contribution in [0.4, 0.5) is 5.82 Å². The first-order valence-electron chi connectivity index (χ1n) is 7.95. The van der Waals surface area contributed by atoms with E-state index in [1.165, 1.54) is 28.0 Å². The minimum Gasteiger partial charge on any atom is -0.341 e. The number of fused-ring (bicyclic) bond motifs is 1. The lowest BCUT2D eigenvalue weighted by Gasteiger charge is -2.23. The maximum Gasteiger partial charge on any atom is 0.306 e. The summed E-state index contributed by atoms with van der Waals surface area (Å²) in [6.07, 6.45) is 2.21. The Hall–Kier alpha value is -2.59. The number of rotatable bonds is 2. The van der Waals surface area contributed by atoms with Crippen molar-refractivity contribution in [3.05, 3.63) is 91.4 Å². The summed E-state index contributed by atoms with van der Waals surface area (Å²) < 4.78 is 0. The molecule has 4 heteroatoms. The average molecular weight is 334 g/mol. The van der Waals surface area contributed by atoms with Crippen molar-refractivity contribution < 1.29 is 0 Å². The fraction of sp³-hybridized carbons (Fsp3) is 0.150. The highest BCUT2D eigenvalue weighted by Crippen LogP contribution is 2.39. The summed E-state index contributed by atoms with van der Waals surface area (Å²) in [4.78, 5) is 15.8. The Morgan fingerprint density at radius 3 is 2.21 bits per heavy atom. The standard InChI is InChI=1S/C20H18N2OS/c1-12-3-7-14(8-4-12)16-11-17(15-9-5-13(2)6-10-15)21-19-18(16)24-20(23)22-19/h3-11,16,21H,1-2H3,(H,22,23). The first-order chi connectivity index (χ1) is 11.6. The molecule has 2 aromatic carbocycles. The number of aryl methyl sites for hydroxylation is 2. The molecule has 0 spiro atoms. The number of hydrogen-bond donors (Lipinski definition) is 2. The molecule has 4 rings (SSSR count). The molecule has 1 aliphatic rings. The number of H-pyrrole nitrogens is 1. The molecule has 0 bridgehead atoms. The second kappa shape index (κ2) is 5.80. The van der Waals surface area contributed by atoms with Crippen LogP contribution >= 0.6 is 11.3 Å². The lowest BCUT2D eigenvalue weighted by Crippen LogP contribution is -2.11. The van der Waals surface area contributed by atoms with Crippen LogP contribution in [0.2, 0.25) is 0 Å². The van der Waals surface area contributed by atoms with Gasteiger partial charge in [-0.05, 0) is 31.1 Å². The van der Waals surface area contributed by atoms with Crippen LogP contribution in [0.1, 0.15) is 33.0 Å². The van der Waals surface area contributed by atoms with E-state index in [0.717, 1.165) is 22.0 Å². The van der Waals surface area contributed by atoms with Gasteiger partial charge in [-0.1, -0.05) is 71.0 Å². The van der Waals surface area contributed by atoms with E-state index >= 15 is 0 Å². The van der Waals surface area contributed by atoms with Crippen LogP contribution in [0.15, 0.2) is 59.4 Å². The van der Waals surface area contributed by atoms with Gasteiger partial charge in [0.2, 0.25) is 0 Å². The maximum atomic E-state index is 11.9. The van der Waals surface area contributed by atoms with Gasteiger partial charge in [-0.3, -0.25) is 9.78 Å². The van der Waals surface area contributed by atoms with Crippen molar-refractivity contribution in [1.29, 1.82) is 0 Å². The van der Waals surface area contributed by atoms with Gasteiger partial charge in [-0.15, -0.1) is 0 Å². The molecule has 1 aromatic heterocycles. The van der Waals surface area contributed by atoms with Crippen LogP contribution in [0.3, 0.4) is 0 Å². The predicted octanol–water partition coefficient (Wildman–Crippen LogP) is 4.65. The van der Waals surface area contributed by atoms with Gasteiger partial charge in [-0.25, -0.2) is 0 Å².